The van der Waals surface area contributed by atoms with Crippen molar-refractivity contribution < 1.29 is 22.4 Å². The first-order valence-corrected chi connectivity index (χ1v) is 9.58. The van der Waals surface area contributed by atoms with Crippen molar-refractivity contribution >= 4 is 22.9 Å². The Morgan fingerprint density at radius 1 is 1.00 bits per heavy atom. The summed E-state index contributed by atoms with van der Waals surface area (Å²) in [6.45, 7) is 0. The van der Waals surface area contributed by atoms with Gasteiger partial charge < -0.3 is 5.32 Å². The van der Waals surface area contributed by atoms with Crippen LogP contribution < -0.4 is 5.32 Å². The number of halogens is 4. The second-order valence-corrected chi connectivity index (χ2v) is 7.23. The average molecular weight is 431 g/mol. The molecular weight excluding hydrogens is 418 g/mol. The molecule has 0 aliphatic heterocycles. The lowest BCUT2D eigenvalue weighted by Crippen LogP contribution is -2.13. The van der Waals surface area contributed by atoms with Crippen LogP contribution in [-0.4, -0.2) is 15.7 Å². The van der Waals surface area contributed by atoms with E-state index >= 15 is 0 Å². The molecule has 9 heteroatoms. The number of hydrogen-bond donors (Lipinski definition) is 1. The van der Waals surface area contributed by atoms with Crippen LogP contribution in [0, 0.1) is 5.82 Å². The SMILES string of the molecule is O=C(Nc1ccc(-n2nc(C(F)(F)F)cc2-c2cccs2)cc1)c1ccccc1F. The Kier molecular flexibility index (Phi) is 5.13. The Labute approximate surface area is 172 Å². The summed E-state index contributed by atoms with van der Waals surface area (Å²) < 4.78 is 54.5. The lowest BCUT2D eigenvalue weighted by Gasteiger charge is -2.09. The molecule has 0 aliphatic carbocycles. The Morgan fingerprint density at radius 2 is 1.73 bits per heavy atom. The van der Waals surface area contributed by atoms with E-state index in [1.807, 2.05) is 0 Å². The van der Waals surface area contributed by atoms with Gasteiger partial charge in [-0.25, -0.2) is 9.07 Å². The quantitative estimate of drug-likeness (QED) is 0.402. The average Bonchev–Trinajstić information content (AvgIpc) is 3.38. The van der Waals surface area contributed by atoms with E-state index in [1.165, 1.54) is 58.5 Å². The Hall–Kier alpha value is -3.46. The van der Waals surface area contributed by atoms with Crippen LogP contribution in [0.3, 0.4) is 0 Å². The lowest BCUT2D eigenvalue weighted by atomic mass is 10.2. The van der Waals surface area contributed by atoms with Crippen molar-refractivity contribution in [2.24, 2.45) is 0 Å². The molecule has 4 aromatic rings. The van der Waals surface area contributed by atoms with E-state index in [9.17, 15) is 22.4 Å². The van der Waals surface area contributed by atoms with E-state index in [1.54, 1.807) is 23.6 Å². The van der Waals surface area contributed by atoms with E-state index in [0.29, 0.717) is 21.9 Å². The van der Waals surface area contributed by atoms with E-state index in [-0.39, 0.29) is 5.56 Å². The molecule has 1 amide bonds. The number of nitrogens with zero attached hydrogens (tertiary/aromatic N) is 2. The highest BCUT2D eigenvalue weighted by Gasteiger charge is 2.35. The van der Waals surface area contributed by atoms with Crippen LogP contribution in [0.4, 0.5) is 23.2 Å². The summed E-state index contributed by atoms with van der Waals surface area (Å²) in [4.78, 5) is 12.9. The number of nitrogens with one attached hydrogen (secondary N) is 1. The summed E-state index contributed by atoms with van der Waals surface area (Å²) >= 11 is 1.30. The maximum absolute atomic E-state index is 13.7. The predicted octanol–water partition coefficient (Wildman–Crippen LogP) is 6.01. The van der Waals surface area contributed by atoms with Crippen LogP contribution in [0.1, 0.15) is 16.1 Å². The predicted molar refractivity (Wildman–Crippen MR) is 106 cm³/mol. The lowest BCUT2D eigenvalue weighted by molar-refractivity contribution is -0.141. The summed E-state index contributed by atoms with van der Waals surface area (Å²) in [6, 6.07) is 16.1. The van der Waals surface area contributed by atoms with Crippen LogP contribution in [0.5, 0.6) is 0 Å². The molecule has 30 heavy (non-hydrogen) atoms. The van der Waals surface area contributed by atoms with Gasteiger partial charge in [0.1, 0.15) is 5.82 Å². The second kappa shape index (κ2) is 7.75. The fraction of sp³-hybridized carbons (Fsp3) is 0.0476. The molecule has 0 fully saturated rings. The smallest absolute Gasteiger partial charge is 0.322 e. The second-order valence-electron chi connectivity index (χ2n) is 6.28. The van der Waals surface area contributed by atoms with Crippen molar-refractivity contribution in [2.75, 3.05) is 5.32 Å². The van der Waals surface area contributed by atoms with Gasteiger partial charge in [0.05, 0.1) is 21.8 Å². The van der Waals surface area contributed by atoms with Crippen LogP contribution in [0.2, 0.25) is 0 Å². The number of anilines is 1. The van der Waals surface area contributed by atoms with Gasteiger partial charge in [-0.1, -0.05) is 18.2 Å². The third-order valence-corrected chi connectivity index (χ3v) is 5.15. The minimum absolute atomic E-state index is 0.108. The van der Waals surface area contributed by atoms with Crippen LogP contribution in [-0.2, 0) is 6.18 Å². The van der Waals surface area contributed by atoms with Gasteiger partial charge in [0.25, 0.3) is 5.91 Å². The van der Waals surface area contributed by atoms with Gasteiger partial charge in [-0.3, -0.25) is 4.79 Å². The first-order valence-electron chi connectivity index (χ1n) is 8.70. The molecular formula is C21H13F4N3OS. The molecule has 0 bridgehead atoms. The molecule has 4 rings (SSSR count). The topological polar surface area (TPSA) is 46.9 Å². The fourth-order valence-corrected chi connectivity index (χ4v) is 3.57. The third kappa shape index (κ3) is 3.97. The minimum Gasteiger partial charge on any atom is -0.322 e. The number of carbonyl (C=O) groups is 1. The molecule has 0 radical (unpaired) electrons. The van der Waals surface area contributed by atoms with Crippen LogP contribution in [0.15, 0.2) is 72.1 Å². The maximum Gasteiger partial charge on any atom is 0.435 e. The number of alkyl halides is 3. The number of thiophene rings is 1. The fourth-order valence-electron chi connectivity index (χ4n) is 2.85. The number of rotatable bonds is 4. The molecule has 0 spiro atoms. The van der Waals surface area contributed by atoms with Gasteiger partial charge in [0, 0.05) is 5.69 Å². The molecule has 0 atom stereocenters. The molecule has 4 nitrogen and oxygen atoms in total. The van der Waals surface area contributed by atoms with Gasteiger partial charge in [0.2, 0.25) is 0 Å². The highest BCUT2D eigenvalue weighted by Crippen LogP contribution is 2.34. The van der Waals surface area contributed by atoms with E-state index in [4.69, 9.17) is 0 Å². The number of hydrogen-bond acceptors (Lipinski definition) is 3. The van der Waals surface area contributed by atoms with Gasteiger partial charge in [-0.05, 0) is 53.9 Å². The molecule has 0 saturated carbocycles. The van der Waals surface area contributed by atoms with Gasteiger partial charge in [-0.15, -0.1) is 11.3 Å². The van der Waals surface area contributed by atoms with Gasteiger partial charge >= 0.3 is 6.18 Å². The van der Waals surface area contributed by atoms with Crippen molar-refractivity contribution in [3.63, 3.8) is 0 Å². The molecule has 0 unspecified atom stereocenters. The summed E-state index contributed by atoms with van der Waals surface area (Å²) in [5.41, 5.74) is -0.0441. The Morgan fingerprint density at radius 3 is 2.37 bits per heavy atom. The Balaban J connectivity index is 1.64. The monoisotopic (exact) mass is 431 g/mol. The number of carbonyl (C=O) groups excluding carboxylic acids is 1. The molecule has 2 aromatic heterocycles. The number of amides is 1. The zero-order valence-electron chi connectivity index (χ0n) is 15.2. The first kappa shape index (κ1) is 19.8. The van der Waals surface area contributed by atoms with Crippen LogP contribution in [0.25, 0.3) is 16.3 Å². The molecule has 2 aromatic carbocycles. The summed E-state index contributed by atoms with van der Waals surface area (Å²) in [5.74, 6) is -1.28. The zero-order chi connectivity index (χ0) is 21.3. The van der Waals surface area contributed by atoms with Crippen molar-refractivity contribution in [2.45, 2.75) is 6.18 Å². The number of benzene rings is 2. The molecule has 0 aliphatic rings. The molecule has 0 saturated heterocycles. The van der Waals surface area contributed by atoms with E-state index in [2.05, 4.69) is 10.4 Å². The third-order valence-electron chi connectivity index (χ3n) is 4.26. The van der Waals surface area contributed by atoms with E-state index in [0.717, 1.165) is 6.07 Å². The van der Waals surface area contributed by atoms with Crippen molar-refractivity contribution in [3.8, 4) is 16.3 Å². The van der Waals surface area contributed by atoms with Gasteiger partial charge in [-0.2, -0.15) is 18.3 Å². The highest BCUT2D eigenvalue weighted by molar-refractivity contribution is 7.13. The van der Waals surface area contributed by atoms with E-state index < -0.39 is 23.6 Å². The van der Waals surface area contributed by atoms with Crippen molar-refractivity contribution in [3.05, 3.63) is 89.2 Å². The standard InChI is InChI=1S/C21H13F4N3OS/c22-16-5-2-1-4-15(16)20(29)26-13-7-9-14(10-8-13)28-17(18-6-3-11-30-18)12-19(27-28)21(23,24)25/h1-12H,(H,26,29). The minimum atomic E-state index is -4.58. The molecule has 2 heterocycles. The largest absolute Gasteiger partial charge is 0.435 e. The maximum atomic E-state index is 13.7. The zero-order valence-corrected chi connectivity index (χ0v) is 16.0. The summed E-state index contributed by atoms with van der Waals surface area (Å²) in [6.07, 6.45) is -4.58. The van der Waals surface area contributed by atoms with Crippen molar-refractivity contribution in [1.29, 1.82) is 0 Å². The van der Waals surface area contributed by atoms with Crippen LogP contribution >= 0.6 is 11.3 Å². The highest BCUT2D eigenvalue weighted by atomic mass is 32.1. The summed E-state index contributed by atoms with van der Waals surface area (Å²) in [5, 5.41) is 8.05. The number of aromatic nitrogens is 2. The molecule has 1 N–H and O–H groups in total. The normalized spacial score (nSPS) is 11.5. The summed E-state index contributed by atoms with van der Waals surface area (Å²) in [7, 11) is 0. The first-order chi connectivity index (χ1) is 14.3. The Bertz CT molecular complexity index is 1180. The van der Waals surface area contributed by atoms with Gasteiger partial charge in [0.15, 0.2) is 5.69 Å². The van der Waals surface area contributed by atoms with Crippen molar-refractivity contribution in [1.82, 2.24) is 9.78 Å². The molecule has 152 valence electrons.